The molecule has 8 bridgehead atoms. The quantitative estimate of drug-likeness (QED) is 0.302. The fourth-order valence-electron chi connectivity index (χ4n) is 6.39. The summed E-state index contributed by atoms with van der Waals surface area (Å²) >= 11 is 0. The van der Waals surface area contributed by atoms with Crippen LogP contribution in [-0.4, -0.2) is 40.0 Å². The van der Waals surface area contributed by atoms with Crippen molar-refractivity contribution in [1.82, 2.24) is 34.3 Å². The van der Waals surface area contributed by atoms with E-state index in [1.807, 2.05) is 10.6 Å². The Morgan fingerprint density at radius 1 is 0.600 bits per heavy atom. The summed E-state index contributed by atoms with van der Waals surface area (Å²) in [4.78, 5) is 20.0. The lowest BCUT2D eigenvalue weighted by Crippen LogP contribution is -2.06. The Morgan fingerprint density at radius 3 is 1.77 bits per heavy atom. The summed E-state index contributed by atoms with van der Waals surface area (Å²) in [7, 11) is 0. The lowest BCUT2D eigenvalue weighted by Gasteiger charge is -2.12. The predicted molar refractivity (Wildman–Crippen MR) is 165 cm³/mol. The maximum absolute atomic E-state index is 5.24. The van der Waals surface area contributed by atoms with Crippen LogP contribution in [0.1, 0.15) is 108 Å². The van der Waals surface area contributed by atoms with Gasteiger partial charge in [0.05, 0.1) is 33.8 Å². The van der Waals surface area contributed by atoms with Crippen LogP contribution in [0.25, 0.3) is 34.1 Å². The Bertz CT molecular complexity index is 1560. The second kappa shape index (κ2) is 11.4. The van der Waals surface area contributed by atoms with Crippen molar-refractivity contribution in [1.29, 1.82) is 0 Å². The topological polar surface area (TPSA) is 86.7 Å². The Balaban J connectivity index is 2.13. The van der Waals surface area contributed by atoms with Gasteiger partial charge in [0.25, 0.3) is 11.7 Å². The Labute approximate surface area is 237 Å². The highest BCUT2D eigenvalue weighted by molar-refractivity contribution is 6.04. The van der Waals surface area contributed by atoms with E-state index in [4.69, 9.17) is 19.9 Å². The molecule has 0 atom stereocenters. The zero-order valence-corrected chi connectivity index (χ0v) is 25.4. The molecule has 0 radical (unpaired) electrons. The maximum Gasteiger partial charge on any atom is 0.254 e. The molecule has 0 fully saturated rings. The number of fused-ring (bicyclic) bond motifs is 8. The number of hydrogen-bond acceptors (Lipinski definition) is 6. The fraction of sp³-hybridized carbons (Fsp3) is 0.500. The van der Waals surface area contributed by atoms with Gasteiger partial charge in [0.15, 0.2) is 5.65 Å². The van der Waals surface area contributed by atoms with Crippen LogP contribution in [0.15, 0.2) is 11.1 Å². The number of allylic oxidation sites excluding steroid dienone is 1. The summed E-state index contributed by atoms with van der Waals surface area (Å²) < 4.78 is 4.54. The third kappa shape index (κ3) is 4.38. The first kappa shape index (κ1) is 27.9. The van der Waals surface area contributed by atoms with Crippen LogP contribution in [0, 0.1) is 0 Å². The Hall–Kier alpha value is -3.68. The average molecular weight is 539 g/mol. The summed E-state index contributed by atoms with van der Waals surface area (Å²) in [6.45, 7) is 19.3. The van der Waals surface area contributed by atoms with Gasteiger partial charge in [-0.25, -0.2) is 15.0 Å². The molecular weight excluding hydrogens is 496 g/mol. The van der Waals surface area contributed by atoms with Crippen molar-refractivity contribution in [3.63, 3.8) is 0 Å². The van der Waals surface area contributed by atoms with E-state index in [2.05, 4.69) is 76.2 Å². The number of aliphatic imine (C=N–C) groups is 1. The first-order valence-corrected chi connectivity index (χ1v) is 15.1. The largest absolute Gasteiger partial charge is 0.341 e. The number of hydrogen-bond donors (Lipinski definition) is 0. The van der Waals surface area contributed by atoms with Crippen LogP contribution in [0.2, 0.25) is 0 Å². The monoisotopic (exact) mass is 538 g/mol. The molecule has 3 aromatic rings. The second-order valence-electron chi connectivity index (χ2n) is 10.2. The summed E-state index contributed by atoms with van der Waals surface area (Å²) in [5, 5.41) is 8.90. The summed E-state index contributed by atoms with van der Waals surface area (Å²) in [6.07, 6.45) is 7.60. The normalized spacial score (nSPS) is 13.1. The fourth-order valence-corrected chi connectivity index (χ4v) is 6.39. The van der Waals surface area contributed by atoms with E-state index < -0.39 is 0 Å². The average Bonchev–Trinajstić information content (AvgIpc) is 3.73. The van der Waals surface area contributed by atoms with Crippen molar-refractivity contribution >= 4 is 45.8 Å². The molecule has 5 rings (SSSR count). The molecule has 3 aromatic heterocycles. The van der Waals surface area contributed by atoms with E-state index in [0.717, 1.165) is 73.5 Å². The number of rotatable bonds is 8. The molecule has 0 unspecified atom stereocenters. The standard InChI is InChI=1S/C32H42N8/c1-9-19-17-20-18-26-37-38-32(39(26)15-7)36-31-34-25(14-6)28(35-31)24(13-5)30-22(11-3)21(10-2)29(40(30)16-8)23(12-4)27(19)33-20/h17-18H,9-16H2,1-8H3. The van der Waals surface area contributed by atoms with Gasteiger partial charge in [0.1, 0.15) is 0 Å². The summed E-state index contributed by atoms with van der Waals surface area (Å²) in [5.74, 6) is 0.966. The predicted octanol–water partition coefficient (Wildman–Crippen LogP) is 7.22. The van der Waals surface area contributed by atoms with Crippen LogP contribution in [0.5, 0.6) is 0 Å². The zero-order valence-electron chi connectivity index (χ0n) is 25.4. The van der Waals surface area contributed by atoms with Crippen molar-refractivity contribution in [3.05, 3.63) is 45.4 Å². The van der Waals surface area contributed by atoms with E-state index in [1.165, 1.54) is 38.9 Å². The van der Waals surface area contributed by atoms with Crippen molar-refractivity contribution < 1.29 is 0 Å². The minimum absolute atomic E-state index is 0.449. The zero-order chi connectivity index (χ0) is 28.6. The lowest BCUT2D eigenvalue weighted by molar-refractivity contribution is 0.806. The van der Waals surface area contributed by atoms with E-state index >= 15 is 0 Å². The van der Waals surface area contributed by atoms with Gasteiger partial charge >= 0.3 is 0 Å². The van der Waals surface area contributed by atoms with Gasteiger partial charge in [-0.05, 0) is 75.1 Å². The first-order chi connectivity index (χ1) is 19.5. The number of nitrogens with zero attached hydrogens (tertiary/aromatic N) is 8. The first-order valence-electron chi connectivity index (χ1n) is 15.1. The lowest BCUT2D eigenvalue weighted by atomic mass is 9.97. The number of aryl methyl sites for hydroxylation is 6. The third-order valence-corrected chi connectivity index (χ3v) is 8.21. The van der Waals surface area contributed by atoms with Gasteiger partial charge in [0.2, 0.25) is 0 Å². The summed E-state index contributed by atoms with van der Waals surface area (Å²) in [6, 6.07) is 2.03. The minimum Gasteiger partial charge on any atom is -0.341 e. The van der Waals surface area contributed by atoms with Crippen LogP contribution < -0.4 is 0 Å². The van der Waals surface area contributed by atoms with Crippen molar-refractivity contribution in [3.8, 4) is 0 Å². The molecule has 2 aliphatic heterocycles. The molecule has 0 spiro atoms. The van der Waals surface area contributed by atoms with Crippen molar-refractivity contribution in [2.75, 3.05) is 0 Å². The molecule has 0 N–H and O–H groups in total. The number of aromatic nitrogens is 7. The van der Waals surface area contributed by atoms with Crippen LogP contribution in [-0.2, 0) is 38.8 Å². The summed E-state index contributed by atoms with van der Waals surface area (Å²) in [5.41, 5.74) is 14.0. The van der Waals surface area contributed by atoms with Gasteiger partial charge in [-0.1, -0.05) is 41.5 Å². The van der Waals surface area contributed by atoms with Gasteiger partial charge in [-0.3, -0.25) is 4.57 Å². The minimum atomic E-state index is 0.449. The Morgan fingerprint density at radius 2 is 1.23 bits per heavy atom. The molecule has 8 heteroatoms. The van der Waals surface area contributed by atoms with E-state index in [-0.39, 0.29) is 0 Å². The molecule has 210 valence electrons. The van der Waals surface area contributed by atoms with Crippen molar-refractivity contribution in [2.45, 2.75) is 107 Å². The van der Waals surface area contributed by atoms with Gasteiger partial charge < -0.3 is 4.57 Å². The SMILES string of the molecule is CCC1=Cc2cc3nnc(nc4nc(c(CC)c5c(CC)c(CC)c(c(CC)c1n2)n5CC)C(CC)=N4)n3CC. The molecule has 0 aliphatic carbocycles. The molecule has 5 heterocycles. The molecule has 0 saturated heterocycles. The molecular formula is C32H42N8. The van der Waals surface area contributed by atoms with Crippen LogP contribution >= 0.6 is 0 Å². The van der Waals surface area contributed by atoms with Gasteiger partial charge in [-0.2, -0.15) is 4.98 Å². The van der Waals surface area contributed by atoms with E-state index in [0.29, 0.717) is 18.3 Å². The van der Waals surface area contributed by atoms with Crippen LogP contribution in [0.3, 0.4) is 0 Å². The van der Waals surface area contributed by atoms with E-state index in [9.17, 15) is 0 Å². The third-order valence-electron chi connectivity index (χ3n) is 8.21. The highest BCUT2D eigenvalue weighted by Gasteiger charge is 2.25. The molecule has 8 nitrogen and oxygen atoms in total. The highest BCUT2D eigenvalue weighted by atomic mass is 15.3. The second-order valence-corrected chi connectivity index (χ2v) is 10.2. The molecule has 40 heavy (non-hydrogen) atoms. The molecule has 0 saturated carbocycles. The molecule has 2 aliphatic rings. The van der Waals surface area contributed by atoms with E-state index in [1.54, 1.807) is 0 Å². The molecule has 0 aromatic carbocycles. The Kier molecular flexibility index (Phi) is 7.97. The molecule has 0 amide bonds. The smallest absolute Gasteiger partial charge is 0.254 e. The van der Waals surface area contributed by atoms with Crippen LogP contribution in [0.4, 0.5) is 5.95 Å². The van der Waals surface area contributed by atoms with Gasteiger partial charge in [-0.15, -0.1) is 10.2 Å². The van der Waals surface area contributed by atoms with Gasteiger partial charge in [0, 0.05) is 30.3 Å². The van der Waals surface area contributed by atoms with Crippen molar-refractivity contribution in [2.24, 2.45) is 4.99 Å². The maximum atomic E-state index is 5.24. The highest BCUT2D eigenvalue weighted by Crippen LogP contribution is 2.36.